The lowest BCUT2D eigenvalue weighted by Crippen LogP contribution is -2.46. The molecule has 3 heterocycles. The van der Waals surface area contributed by atoms with Gasteiger partial charge < -0.3 is 15.1 Å². The molecule has 1 saturated heterocycles. The summed E-state index contributed by atoms with van der Waals surface area (Å²) in [5.41, 5.74) is 2.09. The molecule has 0 radical (unpaired) electrons. The highest BCUT2D eigenvalue weighted by atomic mass is 32.1. The minimum Gasteiger partial charge on any atom is -0.345 e. The third-order valence-corrected chi connectivity index (χ3v) is 6.71. The molecule has 1 fully saturated rings. The zero-order chi connectivity index (χ0) is 22.0. The number of benzene rings is 1. The van der Waals surface area contributed by atoms with Gasteiger partial charge in [0.15, 0.2) is 10.8 Å². The van der Waals surface area contributed by atoms with Crippen molar-refractivity contribution in [3.63, 3.8) is 0 Å². The molecule has 164 valence electrons. The number of piperazine rings is 1. The number of aromatic nitrogens is 3. The number of nitrogens with one attached hydrogen (secondary N) is 1. The molecule has 0 spiro atoms. The number of carbonyl (C=O) groups is 1. The number of nitrogens with zero attached hydrogens (tertiary/aromatic N) is 5. The Balaban J connectivity index is 1.48. The summed E-state index contributed by atoms with van der Waals surface area (Å²) in [4.78, 5) is 39.0. The van der Waals surface area contributed by atoms with Crippen LogP contribution in [0.2, 0.25) is 0 Å². The van der Waals surface area contributed by atoms with Crippen LogP contribution >= 0.6 is 11.3 Å². The molecule has 1 N–H and O–H groups in total. The van der Waals surface area contributed by atoms with E-state index in [9.17, 15) is 9.59 Å². The van der Waals surface area contributed by atoms with Crippen LogP contribution in [-0.4, -0.2) is 58.1 Å². The molecular weight excluding hydrogens is 412 g/mol. The average molecular weight is 441 g/mol. The molecule has 0 unspecified atom stereocenters. The minimum absolute atomic E-state index is 0.0872. The maximum absolute atomic E-state index is 12.9. The van der Waals surface area contributed by atoms with E-state index >= 15 is 0 Å². The van der Waals surface area contributed by atoms with Gasteiger partial charge in [0.2, 0.25) is 5.91 Å². The summed E-state index contributed by atoms with van der Waals surface area (Å²) in [6, 6.07) is 7.76. The number of hydrogen-bond donors (Lipinski definition) is 1. The summed E-state index contributed by atoms with van der Waals surface area (Å²) in [7, 11) is 0. The SMILES string of the molecule is CCN1CCN(c2nc3ncn(CC(=O)Nc4cccc(C(C)C)c4)c(=O)c3s2)CC1. The van der Waals surface area contributed by atoms with E-state index in [4.69, 9.17) is 0 Å². The monoisotopic (exact) mass is 440 g/mol. The van der Waals surface area contributed by atoms with Crippen LogP contribution in [0.5, 0.6) is 0 Å². The Morgan fingerprint density at radius 2 is 2.00 bits per heavy atom. The van der Waals surface area contributed by atoms with Crippen LogP contribution in [-0.2, 0) is 11.3 Å². The van der Waals surface area contributed by atoms with Crippen LogP contribution < -0.4 is 15.8 Å². The first-order valence-corrected chi connectivity index (χ1v) is 11.5. The van der Waals surface area contributed by atoms with Crippen LogP contribution in [0, 0.1) is 0 Å². The Kier molecular flexibility index (Phi) is 6.33. The Labute approximate surface area is 185 Å². The molecule has 1 aliphatic heterocycles. The van der Waals surface area contributed by atoms with Crippen molar-refractivity contribution in [1.29, 1.82) is 0 Å². The first-order chi connectivity index (χ1) is 14.9. The molecule has 9 heteroatoms. The maximum atomic E-state index is 12.9. The van der Waals surface area contributed by atoms with Gasteiger partial charge in [0, 0.05) is 31.9 Å². The van der Waals surface area contributed by atoms with Crippen molar-refractivity contribution in [2.75, 3.05) is 42.9 Å². The molecule has 31 heavy (non-hydrogen) atoms. The summed E-state index contributed by atoms with van der Waals surface area (Å²) in [5.74, 6) is 0.112. The van der Waals surface area contributed by atoms with Crippen molar-refractivity contribution in [1.82, 2.24) is 19.4 Å². The van der Waals surface area contributed by atoms with Gasteiger partial charge in [-0.25, -0.2) is 4.98 Å². The quantitative estimate of drug-likeness (QED) is 0.635. The Morgan fingerprint density at radius 3 is 2.71 bits per heavy atom. The van der Waals surface area contributed by atoms with E-state index in [-0.39, 0.29) is 18.0 Å². The Morgan fingerprint density at radius 1 is 1.23 bits per heavy atom. The fourth-order valence-electron chi connectivity index (χ4n) is 3.67. The zero-order valence-electron chi connectivity index (χ0n) is 18.2. The molecule has 4 rings (SSSR count). The normalized spacial score (nSPS) is 15.0. The number of fused-ring (bicyclic) bond motifs is 1. The van der Waals surface area contributed by atoms with Crippen molar-refractivity contribution in [2.45, 2.75) is 33.2 Å². The molecule has 1 aliphatic rings. The summed E-state index contributed by atoms with van der Waals surface area (Å²) in [6.07, 6.45) is 1.41. The van der Waals surface area contributed by atoms with Crippen LogP contribution in [0.1, 0.15) is 32.3 Å². The number of carbonyl (C=O) groups excluding carboxylic acids is 1. The Bertz CT molecular complexity index is 1130. The van der Waals surface area contributed by atoms with Gasteiger partial charge in [0.05, 0.1) is 0 Å². The molecule has 8 nitrogen and oxygen atoms in total. The van der Waals surface area contributed by atoms with Crippen molar-refractivity contribution < 1.29 is 4.79 Å². The number of thiazole rings is 1. The third-order valence-electron chi connectivity index (χ3n) is 5.61. The molecule has 2 aromatic heterocycles. The molecule has 0 bridgehead atoms. The van der Waals surface area contributed by atoms with Crippen LogP contribution in [0.4, 0.5) is 10.8 Å². The van der Waals surface area contributed by atoms with Gasteiger partial charge in [-0.15, -0.1) is 0 Å². The summed E-state index contributed by atoms with van der Waals surface area (Å²) < 4.78 is 1.84. The van der Waals surface area contributed by atoms with Gasteiger partial charge in [-0.1, -0.05) is 44.2 Å². The lowest BCUT2D eigenvalue weighted by atomic mass is 10.0. The number of likely N-dealkylation sites (N-methyl/N-ethyl adjacent to an activating group) is 1. The van der Waals surface area contributed by atoms with Crippen molar-refractivity contribution in [2.24, 2.45) is 0 Å². The van der Waals surface area contributed by atoms with Gasteiger partial charge in [-0.3, -0.25) is 14.2 Å². The fraction of sp³-hybridized carbons (Fsp3) is 0.455. The number of hydrogen-bond acceptors (Lipinski definition) is 7. The van der Waals surface area contributed by atoms with E-state index in [0.29, 0.717) is 16.3 Å². The second-order valence-electron chi connectivity index (χ2n) is 8.08. The largest absolute Gasteiger partial charge is 0.345 e. The highest BCUT2D eigenvalue weighted by Gasteiger charge is 2.20. The first kappa shape index (κ1) is 21.5. The van der Waals surface area contributed by atoms with Crippen molar-refractivity contribution >= 4 is 38.4 Å². The average Bonchev–Trinajstić information content (AvgIpc) is 3.21. The lowest BCUT2D eigenvalue weighted by Gasteiger charge is -2.33. The van der Waals surface area contributed by atoms with Gasteiger partial charge in [0.25, 0.3) is 5.56 Å². The first-order valence-electron chi connectivity index (χ1n) is 10.7. The third kappa shape index (κ3) is 4.77. The number of amides is 1. The lowest BCUT2D eigenvalue weighted by molar-refractivity contribution is -0.116. The summed E-state index contributed by atoms with van der Waals surface area (Å²) in [6.45, 7) is 11.1. The maximum Gasteiger partial charge on any atom is 0.273 e. The van der Waals surface area contributed by atoms with E-state index in [1.54, 1.807) is 0 Å². The molecule has 0 atom stereocenters. The van der Waals surface area contributed by atoms with Gasteiger partial charge in [-0.2, -0.15) is 4.98 Å². The van der Waals surface area contributed by atoms with E-state index in [1.807, 2.05) is 24.3 Å². The molecule has 1 amide bonds. The smallest absolute Gasteiger partial charge is 0.273 e. The van der Waals surface area contributed by atoms with Crippen molar-refractivity contribution in [3.8, 4) is 0 Å². The van der Waals surface area contributed by atoms with Crippen molar-refractivity contribution in [3.05, 3.63) is 46.5 Å². The highest BCUT2D eigenvalue weighted by Crippen LogP contribution is 2.26. The topological polar surface area (TPSA) is 83.4 Å². The molecule has 1 aromatic carbocycles. The van der Waals surface area contributed by atoms with E-state index in [0.717, 1.165) is 49.1 Å². The molecule has 0 aliphatic carbocycles. The predicted octanol–water partition coefficient (Wildman–Crippen LogP) is 2.76. The predicted molar refractivity (Wildman–Crippen MR) is 125 cm³/mol. The molecule has 3 aromatic rings. The van der Waals surface area contributed by atoms with E-state index < -0.39 is 0 Å². The van der Waals surface area contributed by atoms with Crippen LogP contribution in [0.15, 0.2) is 35.4 Å². The van der Waals surface area contributed by atoms with E-state index in [2.05, 4.69) is 45.9 Å². The summed E-state index contributed by atoms with van der Waals surface area (Å²) >= 11 is 1.36. The summed E-state index contributed by atoms with van der Waals surface area (Å²) in [5, 5.41) is 3.70. The van der Waals surface area contributed by atoms with E-state index in [1.165, 1.54) is 22.2 Å². The second kappa shape index (κ2) is 9.15. The minimum atomic E-state index is -0.260. The second-order valence-corrected chi connectivity index (χ2v) is 9.05. The molecule has 0 saturated carbocycles. The molecular formula is C22H28N6O2S. The standard InChI is InChI=1S/C22H28N6O2S/c1-4-26-8-10-27(11-9-26)22-25-20-19(31-22)21(30)28(14-23-20)13-18(29)24-17-7-5-6-16(12-17)15(2)3/h5-7,12,14-15H,4,8-11,13H2,1-3H3,(H,24,29). The van der Waals surface area contributed by atoms with Gasteiger partial charge >= 0.3 is 0 Å². The Hall–Kier alpha value is -2.78. The number of rotatable bonds is 6. The fourth-order valence-corrected chi connectivity index (χ4v) is 4.69. The highest BCUT2D eigenvalue weighted by molar-refractivity contribution is 7.22. The van der Waals surface area contributed by atoms with Crippen LogP contribution in [0.25, 0.3) is 10.3 Å². The number of anilines is 2. The van der Waals surface area contributed by atoms with Crippen LogP contribution in [0.3, 0.4) is 0 Å². The zero-order valence-corrected chi connectivity index (χ0v) is 19.0. The van der Waals surface area contributed by atoms with Gasteiger partial charge in [-0.05, 0) is 30.2 Å². The van der Waals surface area contributed by atoms with Gasteiger partial charge in [0.1, 0.15) is 17.6 Å².